The van der Waals surface area contributed by atoms with E-state index in [1.807, 2.05) is 6.07 Å². The van der Waals surface area contributed by atoms with E-state index in [2.05, 4.69) is 96.3 Å². The van der Waals surface area contributed by atoms with E-state index in [0.29, 0.717) is 5.95 Å². The van der Waals surface area contributed by atoms with Gasteiger partial charge in [-0.05, 0) is 75.7 Å². The molecule has 28 heavy (non-hydrogen) atoms. The fraction of sp³-hybridized carbons (Fsp3) is 0.304. The summed E-state index contributed by atoms with van der Waals surface area (Å²) in [6.45, 7) is 11.4. The molecule has 2 aromatic carbocycles. The molecule has 0 spiro atoms. The smallest absolute Gasteiger partial charge is 0.231 e. The molecule has 5 nitrogen and oxygen atoms in total. The minimum absolute atomic E-state index is 0.692. The molecule has 1 aromatic heterocycles. The van der Waals surface area contributed by atoms with Crippen molar-refractivity contribution in [3.05, 3.63) is 66.4 Å². The maximum Gasteiger partial charge on any atom is 0.231 e. The van der Waals surface area contributed by atoms with Crippen LogP contribution in [0.1, 0.15) is 26.3 Å². The first kappa shape index (κ1) is 19.7. The largest absolute Gasteiger partial charge is 0.372 e. The van der Waals surface area contributed by atoms with Crippen molar-refractivity contribution >= 4 is 28.8 Å². The van der Waals surface area contributed by atoms with Crippen molar-refractivity contribution < 1.29 is 0 Å². The van der Waals surface area contributed by atoms with Crippen LogP contribution < -0.4 is 15.1 Å². The number of hydrogen-bond donors (Lipinski definition) is 1. The van der Waals surface area contributed by atoms with Crippen molar-refractivity contribution in [3.63, 3.8) is 0 Å². The Morgan fingerprint density at radius 3 is 2.25 bits per heavy atom. The molecule has 1 heterocycles. The number of hydrogen-bond acceptors (Lipinski definition) is 5. The van der Waals surface area contributed by atoms with E-state index in [0.717, 1.165) is 36.8 Å². The average Bonchev–Trinajstić information content (AvgIpc) is 2.71. The van der Waals surface area contributed by atoms with Gasteiger partial charge in [0.2, 0.25) is 5.95 Å². The van der Waals surface area contributed by atoms with Crippen LogP contribution in [0.25, 0.3) is 0 Å². The molecular weight excluding hydrogens is 346 g/mol. The number of nitrogens with one attached hydrogen (secondary N) is 1. The van der Waals surface area contributed by atoms with Gasteiger partial charge < -0.3 is 15.1 Å². The third-order valence-electron chi connectivity index (χ3n) is 4.78. The second-order valence-electron chi connectivity index (χ2n) is 6.67. The van der Waals surface area contributed by atoms with Gasteiger partial charge in [-0.15, -0.1) is 0 Å². The topological polar surface area (TPSA) is 44.3 Å². The van der Waals surface area contributed by atoms with Crippen LogP contribution in [-0.4, -0.2) is 29.6 Å². The molecule has 0 saturated heterocycles. The Kier molecular flexibility index (Phi) is 6.48. The molecular formula is C23H29N5. The van der Waals surface area contributed by atoms with Crippen LogP contribution in [0, 0.1) is 6.92 Å². The summed E-state index contributed by atoms with van der Waals surface area (Å²) in [6.07, 6.45) is 1.80. The molecule has 146 valence electrons. The Morgan fingerprint density at radius 1 is 0.857 bits per heavy atom. The SMILES string of the molecule is CCN(CC)c1ccc(Nc2ccnc(N(CC)c3cccc(C)c3)n2)cc1. The van der Waals surface area contributed by atoms with Gasteiger partial charge in [0.05, 0.1) is 0 Å². The van der Waals surface area contributed by atoms with E-state index >= 15 is 0 Å². The zero-order valence-electron chi connectivity index (χ0n) is 17.2. The highest BCUT2D eigenvalue weighted by Gasteiger charge is 2.11. The number of aromatic nitrogens is 2. The summed E-state index contributed by atoms with van der Waals surface area (Å²) in [5.41, 5.74) is 4.57. The highest BCUT2D eigenvalue weighted by Crippen LogP contribution is 2.25. The molecule has 0 aliphatic heterocycles. The second-order valence-corrected chi connectivity index (χ2v) is 6.67. The van der Waals surface area contributed by atoms with E-state index in [1.165, 1.54) is 11.3 Å². The van der Waals surface area contributed by atoms with E-state index in [-0.39, 0.29) is 0 Å². The molecule has 0 aliphatic rings. The Balaban J connectivity index is 1.79. The summed E-state index contributed by atoms with van der Waals surface area (Å²) in [5.74, 6) is 1.48. The zero-order valence-corrected chi connectivity index (χ0v) is 17.2. The maximum atomic E-state index is 4.73. The molecule has 0 radical (unpaired) electrons. The molecule has 0 saturated carbocycles. The Bertz CT molecular complexity index is 888. The fourth-order valence-electron chi connectivity index (χ4n) is 3.28. The lowest BCUT2D eigenvalue weighted by atomic mass is 10.2. The minimum Gasteiger partial charge on any atom is -0.372 e. The summed E-state index contributed by atoms with van der Waals surface area (Å²) < 4.78 is 0. The van der Waals surface area contributed by atoms with Crippen molar-refractivity contribution in [2.75, 3.05) is 34.8 Å². The molecule has 0 amide bonds. The molecule has 3 rings (SSSR count). The van der Waals surface area contributed by atoms with Crippen LogP contribution in [0.3, 0.4) is 0 Å². The normalized spacial score (nSPS) is 10.6. The van der Waals surface area contributed by atoms with E-state index < -0.39 is 0 Å². The lowest BCUT2D eigenvalue weighted by Crippen LogP contribution is -2.21. The number of benzene rings is 2. The monoisotopic (exact) mass is 375 g/mol. The summed E-state index contributed by atoms with van der Waals surface area (Å²) in [7, 11) is 0. The standard InChI is InChI=1S/C23H29N5/c1-5-27(6-2)20-13-11-19(12-14-20)25-22-15-16-24-23(26-22)28(7-3)21-10-8-9-18(4)17-21/h8-17H,5-7H2,1-4H3,(H,24,25,26). The Morgan fingerprint density at radius 2 is 1.61 bits per heavy atom. The molecule has 0 fully saturated rings. The van der Waals surface area contributed by atoms with Crippen LogP contribution in [0.2, 0.25) is 0 Å². The third-order valence-corrected chi connectivity index (χ3v) is 4.78. The first-order valence-electron chi connectivity index (χ1n) is 9.93. The van der Waals surface area contributed by atoms with E-state index in [9.17, 15) is 0 Å². The molecule has 1 N–H and O–H groups in total. The Hall–Kier alpha value is -3.08. The lowest BCUT2D eigenvalue weighted by Gasteiger charge is -2.22. The van der Waals surface area contributed by atoms with Crippen LogP contribution in [0.4, 0.5) is 28.8 Å². The van der Waals surface area contributed by atoms with Crippen LogP contribution >= 0.6 is 0 Å². The van der Waals surface area contributed by atoms with Crippen molar-refractivity contribution in [1.82, 2.24) is 9.97 Å². The van der Waals surface area contributed by atoms with Gasteiger partial charge in [0, 0.05) is 42.9 Å². The maximum absolute atomic E-state index is 4.73. The molecule has 3 aromatic rings. The number of rotatable bonds is 8. The highest BCUT2D eigenvalue weighted by atomic mass is 15.3. The van der Waals surface area contributed by atoms with E-state index in [1.54, 1.807) is 6.20 Å². The molecule has 0 atom stereocenters. The van der Waals surface area contributed by atoms with Crippen LogP contribution in [0.15, 0.2) is 60.8 Å². The van der Waals surface area contributed by atoms with Gasteiger partial charge in [-0.1, -0.05) is 12.1 Å². The quantitative estimate of drug-likeness (QED) is 0.560. The predicted molar refractivity (Wildman–Crippen MR) is 119 cm³/mol. The number of anilines is 5. The van der Waals surface area contributed by atoms with Gasteiger partial charge in [-0.25, -0.2) is 4.98 Å². The van der Waals surface area contributed by atoms with Crippen molar-refractivity contribution in [2.24, 2.45) is 0 Å². The van der Waals surface area contributed by atoms with E-state index in [4.69, 9.17) is 4.98 Å². The van der Waals surface area contributed by atoms with Crippen LogP contribution in [-0.2, 0) is 0 Å². The lowest BCUT2D eigenvalue weighted by molar-refractivity contribution is 0.866. The highest BCUT2D eigenvalue weighted by molar-refractivity contribution is 5.63. The summed E-state index contributed by atoms with van der Waals surface area (Å²) in [6, 6.07) is 18.8. The summed E-state index contributed by atoms with van der Waals surface area (Å²) >= 11 is 0. The first-order valence-corrected chi connectivity index (χ1v) is 9.93. The van der Waals surface area contributed by atoms with Gasteiger partial charge in [0.25, 0.3) is 0 Å². The zero-order chi connectivity index (χ0) is 19.9. The van der Waals surface area contributed by atoms with Crippen LogP contribution in [0.5, 0.6) is 0 Å². The fourth-order valence-corrected chi connectivity index (χ4v) is 3.28. The minimum atomic E-state index is 0.692. The summed E-state index contributed by atoms with van der Waals surface area (Å²) in [5, 5.41) is 3.39. The first-order chi connectivity index (χ1) is 13.6. The molecule has 0 bridgehead atoms. The van der Waals surface area contributed by atoms with Gasteiger partial charge in [0.1, 0.15) is 5.82 Å². The third kappa shape index (κ3) is 4.60. The van der Waals surface area contributed by atoms with Gasteiger partial charge >= 0.3 is 0 Å². The van der Waals surface area contributed by atoms with Gasteiger partial charge in [-0.3, -0.25) is 0 Å². The summed E-state index contributed by atoms with van der Waals surface area (Å²) in [4.78, 5) is 13.7. The average molecular weight is 376 g/mol. The van der Waals surface area contributed by atoms with Crippen molar-refractivity contribution in [3.8, 4) is 0 Å². The number of aryl methyl sites for hydroxylation is 1. The molecule has 5 heteroatoms. The predicted octanol–water partition coefficient (Wildman–Crippen LogP) is 5.53. The Labute approximate surface area is 168 Å². The second kappa shape index (κ2) is 9.22. The molecule has 0 unspecified atom stereocenters. The van der Waals surface area contributed by atoms with Crippen molar-refractivity contribution in [2.45, 2.75) is 27.7 Å². The van der Waals surface area contributed by atoms with Crippen molar-refractivity contribution in [1.29, 1.82) is 0 Å². The number of nitrogens with zero attached hydrogens (tertiary/aromatic N) is 4. The molecule has 0 aliphatic carbocycles. The van der Waals surface area contributed by atoms with Gasteiger partial charge in [-0.2, -0.15) is 4.98 Å². The van der Waals surface area contributed by atoms with Gasteiger partial charge in [0.15, 0.2) is 0 Å².